The fraction of sp³-hybridized carbons (Fsp3) is 0.500. The predicted octanol–water partition coefficient (Wildman–Crippen LogP) is 1.70. The third-order valence-corrected chi connectivity index (χ3v) is 5.55. The van der Waals surface area contributed by atoms with Crippen molar-refractivity contribution < 1.29 is 14.3 Å². The van der Waals surface area contributed by atoms with Gasteiger partial charge < -0.3 is 18.9 Å². The van der Waals surface area contributed by atoms with E-state index in [4.69, 9.17) is 14.5 Å². The van der Waals surface area contributed by atoms with E-state index in [1.54, 1.807) is 12.4 Å². The Morgan fingerprint density at radius 1 is 1.17 bits per heavy atom. The molecular formula is C20H23N7O3. The van der Waals surface area contributed by atoms with E-state index in [0.717, 1.165) is 31.4 Å². The second-order valence-corrected chi connectivity index (χ2v) is 7.58. The Balaban J connectivity index is 1.43. The molecule has 5 rings (SSSR count). The quantitative estimate of drug-likeness (QED) is 0.605. The normalized spacial score (nSPS) is 18.7. The van der Waals surface area contributed by atoms with Gasteiger partial charge in [0.1, 0.15) is 18.3 Å². The Hall–Kier alpha value is -3.30. The first kappa shape index (κ1) is 18.7. The predicted molar refractivity (Wildman–Crippen MR) is 107 cm³/mol. The van der Waals surface area contributed by atoms with E-state index < -0.39 is 0 Å². The van der Waals surface area contributed by atoms with E-state index in [1.807, 2.05) is 16.4 Å². The van der Waals surface area contributed by atoms with E-state index in [-0.39, 0.29) is 17.9 Å². The highest BCUT2D eigenvalue weighted by Gasteiger charge is 2.37. The van der Waals surface area contributed by atoms with Gasteiger partial charge in [-0.2, -0.15) is 4.98 Å². The molecule has 1 amide bonds. The number of carbonyl (C=O) groups excluding carboxylic acids is 1. The maximum atomic E-state index is 12.3. The average Bonchev–Trinajstić information content (AvgIpc) is 3.41. The van der Waals surface area contributed by atoms with Gasteiger partial charge in [0.15, 0.2) is 11.2 Å². The molecule has 1 atom stereocenters. The van der Waals surface area contributed by atoms with E-state index in [2.05, 4.69) is 19.9 Å². The standard InChI is InChI=1S/C20H23N7O3/c1-3-27-16(13-8-21-20(29-2)22-9-13)25-15-17(27)23-11-24-18(15)30-14-6-7-26(10-14)19(28)12-4-5-12/h8-9,11-12,14H,3-7,10H2,1-2H3/t14-/m0/s1. The van der Waals surface area contributed by atoms with Crippen molar-refractivity contribution in [3.63, 3.8) is 0 Å². The van der Waals surface area contributed by atoms with Gasteiger partial charge in [-0.3, -0.25) is 4.79 Å². The molecular weight excluding hydrogens is 386 g/mol. The number of aryl methyl sites for hydroxylation is 1. The zero-order chi connectivity index (χ0) is 20.7. The Labute approximate surface area is 173 Å². The van der Waals surface area contributed by atoms with Crippen molar-refractivity contribution in [2.45, 2.75) is 38.8 Å². The number of hydrogen-bond acceptors (Lipinski definition) is 8. The summed E-state index contributed by atoms with van der Waals surface area (Å²) < 4.78 is 13.2. The van der Waals surface area contributed by atoms with Crippen LogP contribution in [-0.4, -0.2) is 66.6 Å². The molecule has 10 heteroatoms. The highest BCUT2D eigenvalue weighted by molar-refractivity contribution is 5.82. The van der Waals surface area contributed by atoms with Crippen LogP contribution in [-0.2, 0) is 11.3 Å². The first-order valence-corrected chi connectivity index (χ1v) is 10.2. The van der Waals surface area contributed by atoms with Gasteiger partial charge >= 0.3 is 6.01 Å². The van der Waals surface area contributed by atoms with Gasteiger partial charge in [-0.25, -0.2) is 19.9 Å². The van der Waals surface area contributed by atoms with Crippen molar-refractivity contribution >= 4 is 17.1 Å². The van der Waals surface area contributed by atoms with Gasteiger partial charge in [0.2, 0.25) is 11.8 Å². The van der Waals surface area contributed by atoms with Crippen molar-refractivity contribution in [1.82, 2.24) is 34.4 Å². The van der Waals surface area contributed by atoms with Crippen LogP contribution in [0.25, 0.3) is 22.6 Å². The van der Waals surface area contributed by atoms with E-state index in [0.29, 0.717) is 42.0 Å². The third kappa shape index (κ3) is 3.31. The maximum Gasteiger partial charge on any atom is 0.316 e. The summed E-state index contributed by atoms with van der Waals surface area (Å²) in [6.45, 7) is 4.01. The van der Waals surface area contributed by atoms with Crippen molar-refractivity contribution in [3.8, 4) is 23.3 Å². The largest absolute Gasteiger partial charge is 0.471 e. The highest BCUT2D eigenvalue weighted by Crippen LogP contribution is 2.33. The number of likely N-dealkylation sites (tertiary alicyclic amines) is 1. The minimum absolute atomic E-state index is 0.0923. The molecule has 0 bridgehead atoms. The van der Waals surface area contributed by atoms with Gasteiger partial charge in [0, 0.05) is 37.8 Å². The van der Waals surface area contributed by atoms with Crippen LogP contribution in [0.2, 0.25) is 0 Å². The molecule has 0 aromatic carbocycles. The molecule has 4 heterocycles. The van der Waals surface area contributed by atoms with Crippen LogP contribution in [0.1, 0.15) is 26.2 Å². The zero-order valence-corrected chi connectivity index (χ0v) is 17.0. The van der Waals surface area contributed by atoms with Crippen LogP contribution in [0.5, 0.6) is 11.9 Å². The number of aromatic nitrogens is 6. The zero-order valence-electron chi connectivity index (χ0n) is 17.0. The smallest absolute Gasteiger partial charge is 0.316 e. The van der Waals surface area contributed by atoms with Crippen LogP contribution in [0.3, 0.4) is 0 Å². The number of nitrogens with zero attached hydrogens (tertiary/aromatic N) is 7. The average molecular weight is 409 g/mol. The van der Waals surface area contributed by atoms with Crippen LogP contribution >= 0.6 is 0 Å². The molecule has 1 saturated heterocycles. The van der Waals surface area contributed by atoms with E-state index in [1.165, 1.54) is 13.4 Å². The summed E-state index contributed by atoms with van der Waals surface area (Å²) in [6, 6.07) is 0.299. The summed E-state index contributed by atoms with van der Waals surface area (Å²) >= 11 is 0. The topological polar surface area (TPSA) is 108 Å². The molecule has 0 spiro atoms. The van der Waals surface area contributed by atoms with E-state index >= 15 is 0 Å². The Morgan fingerprint density at radius 2 is 1.97 bits per heavy atom. The number of ether oxygens (including phenoxy) is 2. The highest BCUT2D eigenvalue weighted by atomic mass is 16.5. The molecule has 0 N–H and O–H groups in total. The van der Waals surface area contributed by atoms with Gasteiger partial charge in [-0.05, 0) is 19.8 Å². The van der Waals surface area contributed by atoms with Gasteiger partial charge in [-0.15, -0.1) is 0 Å². The molecule has 0 radical (unpaired) electrons. The number of hydrogen-bond donors (Lipinski definition) is 0. The summed E-state index contributed by atoms with van der Waals surface area (Å²) in [5, 5.41) is 0. The summed E-state index contributed by atoms with van der Waals surface area (Å²) in [7, 11) is 1.53. The summed E-state index contributed by atoms with van der Waals surface area (Å²) in [5.41, 5.74) is 2.04. The number of rotatable bonds is 6. The van der Waals surface area contributed by atoms with Gasteiger partial charge in [0.05, 0.1) is 19.2 Å². The molecule has 1 saturated carbocycles. The number of fused-ring (bicyclic) bond motifs is 1. The molecule has 2 fully saturated rings. The minimum atomic E-state index is -0.0923. The molecule has 1 aliphatic heterocycles. The third-order valence-electron chi connectivity index (χ3n) is 5.55. The molecule has 3 aromatic rings. The molecule has 3 aromatic heterocycles. The first-order chi connectivity index (χ1) is 14.7. The van der Waals surface area contributed by atoms with Crippen LogP contribution in [0, 0.1) is 5.92 Å². The lowest BCUT2D eigenvalue weighted by atomic mass is 10.3. The second-order valence-electron chi connectivity index (χ2n) is 7.58. The molecule has 2 aliphatic rings. The Morgan fingerprint density at radius 3 is 2.67 bits per heavy atom. The maximum absolute atomic E-state index is 12.3. The first-order valence-electron chi connectivity index (χ1n) is 10.2. The van der Waals surface area contributed by atoms with Crippen molar-refractivity contribution in [1.29, 1.82) is 0 Å². The van der Waals surface area contributed by atoms with Crippen LogP contribution in [0.4, 0.5) is 0 Å². The minimum Gasteiger partial charge on any atom is -0.471 e. The molecule has 0 unspecified atom stereocenters. The Kier molecular flexibility index (Phi) is 4.68. The molecule has 30 heavy (non-hydrogen) atoms. The number of carbonyl (C=O) groups is 1. The molecule has 10 nitrogen and oxygen atoms in total. The number of imidazole rings is 1. The summed E-state index contributed by atoms with van der Waals surface area (Å²) in [5.74, 6) is 1.61. The van der Waals surface area contributed by atoms with Crippen LogP contribution < -0.4 is 9.47 Å². The van der Waals surface area contributed by atoms with Crippen molar-refractivity contribution in [2.75, 3.05) is 20.2 Å². The fourth-order valence-electron chi connectivity index (χ4n) is 3.83. The lowest BCUT2D eigenvalue weighted by Crippen LogP contribution is -2.32. The summed E-state index contributed by atoms with van der Waals surface area (Å²) in [6.07, 6.45) is 7.56. The Bertz CT molecular complexity index is 1080. The second kappa shape index (κ2) is 7.51. The van der Waals surface area contributed by atoms with Crippen LogP contribution in [0.15, 0.2) is 18.7 Å². The summed E-state index contributed by atoms with van der Waals surface area (Å²) in [4.78, 5) is 36.1. The monoisotopic (exact) mass is 409 g/mol. The van der Waals surface area contributed by atoms with Gasteiger partial charge in [-0.1, -0.05) is 0 Å². The molecule has 1 aliphatic carbocycles. The van der Waals surface area contributed by atoms with Crippen molar-refractivity contribution in [2.24, 2.45) is 5.92 Å². The lowest BCUT2D eigenvalue weighted by Gasteiger charge is -2.16. The SMILES string of the molecule is CCn1c(-c2cnc(OC)nc2)nc2c(O[C@H]3CCN(C(=O)C4CC4)C3)ncnc21. The van der Waals surface area contributed by atoms with Gasteiger partial charge in [0.25, 0.3) is 0 Å². The number of amides is 1. The molecule has 156 valence electrons. The van der Waals surface area contributed by atoms with Crippen molar-refractivity contribution in [3.05, 3.63) is 18.7 Å². The lowest BCUT2D eigenvalue weighted by molar-refractivity contribution is -0.131. The number of methoxy groups -OCH3 is 1. The van der Waals surface area contributed by atoms with E-state index in [9.17, 15) is 4.79 Å². The fourth-order valence-corrected chi connectivity index (χ4v) is 3.83.